The summed E-state index contributed by atoms with van der Waals surface area (Å²) in [4.78, 5) is 9.81. The predicted octanol–water partition coefficient (Wildman–Crippen LogP) is 8.21. The Morgan fingerprint density at radius 2 is 1.58 bits per heavy atom. The minimum Gasteiger partial charge on any atom is -0.223 e. The number of nitrogens with zero attached hydrogens (tertiary/aromatic N) is 4. The lowest BCUT2D eigenvalue weighted by Crippen LogP contribution is -2.22. The molecule has 0 bridgehead atoms. The summed E-state index contributed by atoms with van der Waals surface area (Å²) in [7, 11) is 0. The second kappa shape index (κ2) is 9.45. The van der Waals surface area contributed by atoms with E-state index in [1.54, 1.807) is 17.1 Å². The molecule has 1 aliphatic heterocycles. The van der Waals surface area contributed by atoms with Gasteiger partial charge in [0.25, 0.3) is 0 Å². The molecule has 4 aromatic carbocycles. The normalized spacial score (nSPS) is 15.4. The van der Waals surface area contributed by atoms with Crippen molar-refractivity contribution in [3.05, 3.63) is 124 Å². The van der Waals surface area contributed by atoms with Gasteiger partial charge in [-0.2, -0.15) is 5.10 Å². The zero-order chi connectivity index (χ0) is 24.6. The molecule has 0 unspecified atom stereocenters. The Kier molecular flexibility index (Phi) is 5.99. The molecule has 0 radical (unpaired) electrons. The van der Waals surface area contributed by atoms with Gasteiger partial charge in [0.05, 0.1) is 23.0 Å². The first-order valence-corrected chi connectivity index (χ1v) is 12.6. The Labute approximate surface area is 221 Å². The van der Waals surface area contributed by atoms with Gasteiger partial charge < -0.3 is 0 Å². The molecule has 1 aromatic heterocycles. The molecule has 0 N–H and O–H groups in total. The summed E-state index contributed by atoms with van der Waals surface area (Å²) in [6.45, 7) is 0. The minimum absolute atomic E-state index is 0.282. The molecule has 0 saturated heterocycles. The number of hydrogen-bond acceptors (Lipinski definition) is 4. The molecule has 0 aliphatic carbocycles. The van der Waals surface area contributed by atoms with Crippen molar-refractivity contribution < 1.29 is 4.39 Å². The summed E-state index contributed by atoms with van der Waals surface area (Å²) in [5.41, 5.74) is 4.79. The number of rotatable bonds is 4. The van der Waals surface area contributed by atoms with Gasteiger partial charge in [0.2, 0.25) is 5.95 Å². The maximum absolute atomic E-state index is 15.0. The molecule has 1 atom stereocenters. The van der Waals surface area contributed by atoms with Crippen molar-refractivity contribution in [1.82, 2.24) is 9.97 Å². The van der Waals surface area contributed by atoms with E-state index in [2.05, 4.69) is 15.9 Å². The van der Waals surface area contributed by atoms with E-state index in [1.807, 2.05) is 78.9 Å². The van der Waals surface area contributed by atoms with Crippen LogP contribution in [-0.4, -0.2) is 15.7 Å². The van der Waals surface area contributed by atoms with Crippen molar-refractivity contribution in [2.75, 3.05) is 5.01 Å². The van der Waals surface area contributed by atoms with Crippen molar-refractivity contribution in [2.24, 2.45) is 5.10 Å². The van der Waals surface area contributed by atoms with Crippen LogP contribution >= 0.6 is 27.5 Å². The minimum atomic E-state index is -0.391. The molecular weight excluding hydrogens is 539 g/mol. The van der Waals surface area contributed by atoms with Gasteiger partial charge >= 0.3 is 0 Å². The number of halogens is 3. The van der Waals surface area contributed by atoms with Crippen LogP contribution in [0.3, 0.4) is 0 Å². The Morgan fingerprint density at radius 1 is 0.833 bits per heavy atom. The van der Waals surface area contributed by atoms with Gasteiger partial charge in [-0.05, 0) is 42.0 Å². The van der Waals surface area contributed by atoms with Crippen LogP contribution in [0.25, 0.3) is 22.2 Å². The fourth-order valence-corrected chi connectivity index (χ4v) is 4.94. The number of benzene rings is 4. The Morgan fingerprint density at radius 3 is 2.36 bits per heavy atom. The van der Waals surface area contributed by atoms with Crippen molar-refractivity contribution in [3.8, 4) is 11.3 Å². The third-order valence-electron chi connectivity index (χ3n) is 6.25. The Hall–Kier alpha value is -3.61. The smallest absolute Gasteiger partial charge is 0.223 e. The highest BCUT2D eigenvalue weighted by atomic mass is 79.9. The van der Waals surface area contributed by atoms with Crippen LogP contribution in [0.5, 0.6) is 0 Å². The SMILES string of the molecule is Fc1ccccc1[C@H]1CC(c2ccc(Br)cc2)=NN1c1nc(-c2ccccc2)c2cc(Cl)ccc2n1. The topological polar surface area (TPSA) is 41.4 Å². The Balaban J connectivity index is 1.55. The quantitative estimate of drug-likeness (QED) is 0.224. The number of anilines is 1. The maximum atomic E-state index is 15.0. The molecule has 36 heavy (non-hydrogen) atoms. The largest absolute Gasteiger partial charge is 0.247 e. The van der Waals surface area contributed by atoms with Crippen LogP contribution in [-0.2, 0) is 0 Å². The average Bonchev–Trinajstić information content (AvgIpc) is 3.34. The summed E-state index contributed by atoms with van der Waals surface area (Å²) in [5.74, 6) is 0.125. The number of aromatic nitrogens is 2. The monoisotopic (exact) mass is 556 g/mol. The van der Waals surface area contributed by atoms with Gasteiger partial charge in [-0.1, -0.05) is 88.2 Å². The van der Waals surface area contributed by atoms with Crippen LogP contribution in [0.1, 0.15) is 23.6 Å². The second-order valence-corrected chi connectivity index (χ2v) is 9.89. The lowest BCUT2D eigenvalue weighted by molar-refractivity contribution is 0.576. The van der Waals surface area contributed by atoms with Crippen LogP contribution in [0.2, 0.25) is 5.02 Å². The van der Waals surface area contributed by atoms with Gasteiger partial charge in [0.1, 0.15) is 5.82 Å². The van der Waals surface area contributed by atoms with Crippen molar-refractivity contribution in [2.45, 2.75) is 12.5 Å². The highest BCUT2D eigenvalue weighted by molar-refractivity contribution is 9.10. The third-order valence-corrected chi connectivity index (χ3v) is 7.01. The molecule has 1 aliphatic rings. The van der Waals surface area contributed by atoms with Gasteiger partial charge in [-0.25, -0.2) is 19.4 Å². The molecule has 4 nitrogen and oxygen atoms in total. The Bertz CT molecular complexity index is 1610. The second-order valence-electron chi connectivity index (χ2n) is 8.54. The van der Waals surface area contributed by atoms with Crippen molar-refractivity contribution >= 4 is 50.1 Å². The van der Waals surface area contributed by atoms with Gasteiger partial charge in [-0.3, -0.25) is 0 Å². The first-order valence-electron chi connectivity index (χ1n) is 11.5. The molecule has 0 saturated carbocycles. The summed E-state index contributed by atoms with van der Waals surface area (Å²) < 4.78 is 16.0. The van der Waals surface area contributed by atoms with Crippen LogP contribution in [0.15, 0.2) is 107 Å². The third kappa shape index (κ3) is 4.27. The fraction of sp³-hybridized carbons (Fsp3) is 0.0690. The molecule has 2 heterocycles. The lowest BCUT2D eigenvalue weighted by atomic mass is 9.98. The van der Waals surface area contributed by atoms with E-state index in [9.17, 15) is 0 Å². The maximum Gasteiger partial charge on any atom is 0.247 e. The van der Waals surface area contributed by atoms with E-state index in [4.69, 9.17) is 26.7 Å². The number of fused-ring (bicyclic) bond motifs is 1. The molecule has 0 amide bonds. The first kappa shape index (κ1) is 22.8. The molecule has 0 spiro atoms. The molecule has 176 valence electrons. The van der Waals surface area contributed by atoms with E-state index in [0.717, 1.165) is 37.9 Å². The molecule has 6 rings (SSSR count). The van der Waals surface area contributed by atoms with Gasteiger partial charge in [-0.15, -0.1) is 0 Å². The molecular formula is C29H19BrClFN4. The zero-order valence-electron chi connectivity index (χ0n) is 18.9. The van der Waals surface area contributed by atoms with E-state index in [1.165, 1.54) is 6.07 Å². The average molecular weight is 558 g/mol. The molecule has 5 aromatic rings. The van der Waals surface area contributed by atoms with Crippen LogP contribution in [0, 0.1) is 5.82 Å². The summed E-state index contributed by atoms with van der Waals surface area (Å²) >= 11 is 9.82. The van der Waals surface area contributed by atoms with E-state index in [0.29, 0.717) is 23.0 Å². The zero-order valence-corrected chi connectivity index (χ0v) is 21.3. The van der Waals surface area contributed by atoms with Crippen LogP contribution in [0.4, 0.5) is 10.3 Å². The fourth-order valence-electron chi connectivity index (χ4n) is 4.51. The summed E-state index contributed by atoms with van der Waals surface area (Å²) in [6, 6.07) is 29.8. The summed E-state index contributed by atoms with van der Waals surface area (Å²) in [6.07, 6.45) is 0.519. The molecule has 7 heteroatoms. The summed E-state index contributed by atoms with van der Waals surface area (Å²) in [5, 5.41) is 8.13. The lowest BCUT2D eigenvalue weighted by Gasteiger charge is -2.23. The molecule has 0 fully saturated rings. The van der Waals surface area contributed by atoms with Gasteiger partial charge in [0, 0.05) is 32.4 Å². The highest BCUT2D eigenvalue weighted by Gasteiger charge is 2.33. The van der Waals surface area contributed by atoms with Crippen molar-refractivity contribution in [1.29, 1.82) is 0 Å². The number of hydrogen-bond donors (Lipinski definition) is 0. The standard InChI is InChI=1S/C29H19BrClFN4/c30-20-12-10-18(11-13-20)26-17-27(22-8-4-5-9-24(22)32)36(35-26)29-33-25-15-14-21(31)16-23(25)28(34-29)19-6-2-1-3-7-19/h1-16,27H,17H2/t27-/m1/s1. The van der Waals surface area contributed by atoms with Gasteiger partial charge in [0.15, 0.2) is 0 Å². The van der Waals surface area contributed by atoms with Crippen LogP contribution < -0.4 is 5.01 Å². The van der Waals surface area contributed by atoms with Crippen molar-refractivity contribution in [3.63, 3.8) is 0 Å². The first-order chi connectivity index (χ1) is 17.6. The number of hydrazone groups is 1. The van der Waals surface area contributed by atoms with E-state index in [-0.39, 0.29) is 5.82 Å². The van der Waals surface area contributed by atoms with E-state index >= 15 is 4.39 Å². The predicted molar refractivity (Wildman–Crippen MR) is 147 cm³/mol. The highest BCUT2D eigenvalue weighted by Crippen LogP contribution is 2.38. The van der Waals surface area contributed by atoms with E-state index < -0.39 is 6.04 Å².